The van der Waals surface area contributed by atoms with E-state index in [1.165, 1.54) is 0 Å². The van der Waals surface area contributed by atoms with Crippen LogP contribution < -0.4 is 5.32 Å². The third-order valence-corrected chi connectivity index (χ3v) is 5.65. The molecule has 1 aliphatic rings. The van der Waals surface area contributed by atoms with Gasteiger partial charge in [-0.05, 0) is 68.7 Å². The number of aliphatic hydroxyl groups is 1. The van der Waals surface area contributed by atoms with Crippen molar-refractivity contribution in [3.63, 3.8) is 0 Å². The molecule has 0 bridgehead atoms. The van der Waals surface area contributed by atoms with Crippen LogP contribution in [0.5, 0.6) is 0 Å². The van der Waals surface area contributed by atoms with E-state index >= 15 is 0 Å². The molecule has 6 heteroatoms. The maximum Gasteiger partial charge on any atom is 0.287 e. The fourth-order valence-corrected chi connectivity index (χ4v) is 4.15. The predicted octanol–water partition coefficient (Wildman–Crippen LogP) is 4.34. The zero-order valence-electron chi connectivity index (χ0n) is 19.2. The topological polar surface area (TPSA) is 80.3 Å². The maximum absolute atomic E-state index is 12.9. The Labute approximate surface area is 188 Å². The Morgan fingerprint density at radius 1 is 1.28 bits per heavy atom. The first-order valence-corrected chi connectivity index (χ1v) is 10.8. The van der Waals surface area contributed by atoms with E-state index < -0.39 is 5.60 Å². The number of carbonyl (C=O) groups excluding carboxylic acids is 1. The molecule has 1 amide bonds. The van der Waals surface area contributed by atoms with Crippen molar-refractivity contribution in [1.82, 2.24) is 15.1 Å². The van der Waals surface area contributed by atoms with Crippen LogP contribution in [0.3, 0.4) is 0 Å². The third-order valence-electron chi connectivity index (χ3n) is 5.65. The van der Waals surface area contributed by atoms with E-state index in [1.54, 1.807) is 26.0 Å². The SMILES string of the molecule is Cc1ccccc1-n1ncc2c1CC(C)(C)CC2NC(=O)c1ccc(C#CC(C)(C)O)o1. The summed E-state index contributed by atoms with van der Waals surface area (Å²) in [6.07, 6.45) is 3.54. The normalized spacial score (nSPS) is 17.2. The van der Waals surface area contributed by atoms with Crippen LogP contribution in [0.2, 0.25) is 0 Å². The van der Waals surface area contributed by atoms with Gasteiger partial charge in [0.1, 0.15) is 5.60 Å². The molecule has 166 valence electrons. The van der Waals surface area contributed by atoms with Crippen molar-refractivity contribution in [3.8, 4) is 17.5 Å². The quantitative estimate of drug-likeness (QED) is 0.605. The molecule has 2 aromatic heterocycles. The molecule has 1 aromatic carbocycles. The highest BCUT2D eigenvalue weighted by molar-refractivity contribution is 5.92. The summed E-state index contributed by atoms with van der Waals surface area (Å²) in [5, 5.41) is 17.6. The van der Waals surface area contributed by atoms with E-state index in [-0.39, 0.29) is 23.1 Å². The summed E-state index contributed by atoms with van der Waals surface area (Å²) in [6, 6.07) is 11.2. The largest absolute Gasteiger partial charge is 0.443 e. The fraction of sp³-hybridized carbons (Fsp3) is 0.385. The molecular weight excluding hydrogens is 402 g/mol. The summed E-state index contributed by atoms with van der Waals surface area (Å²) in [6.45, 7) is 9.68. The third kappa shape index (κ3) is 4.63. The molecule has 3 aromatic rings. The Bertz CT molecular complexity index is 1210. The first-order chi connectivity index (χ1) is 15.0. The number of aryl methyl sites for hydroxylation is 1. The smallest absolute Gasteiger partial charge is 0.287 e. The van der Waals surface area contributed by atoms with Gasteiger partial charge in [0, 0.05) is 5.56 Å². The lowest BCUT2D eigenvalue weighted by molar-refractivity contribution is 0.0890. The van der Waals surface area contributed by atoms with E-state index in [4.69, 9.17) is 4.42 Å². The maximum atomic E-state index is 12.9. The molecule has 1 atom stereocenters. The van der Waals surface area contributed by atoms with E-state index in [9.17, 15) is 9.90 Å². The van der Waals surface area contributed by atoms with Gasteiger partial charge in [0.05, 0.1) is 23.6 Å². The molecule has 0 saturated carbocycles. The van der Waals surface area contributed by atoms with Crippen LogP contribution in [0.1, 0.15) is 73.3 Å². The van der Waals surface area contributed by atoms with Crippen LogP contribution in [-0.2, 0) is 6.42 Å². The highest BCUT2D eigenvalue weighted by Crippen LogP contribution is 2.41. The molecule has 1 unspecified atom stereocenters. The molecule has 2 heterocycles. The number of carbonyl (C=O) groups is 1. The van der Waals surface area contributed by atoms with Crippen molar-refractivity contribution >= 4 is 5.91 Å². The number of fused-ring (bicyclic) bond motifs is 1. The summed E-state index contributed by atoms with van der Waals surface area (Å²) < 4.78 is 7.60. The minimum absolute atomic E-state index is 0.00206. The van der Waals surface area contributed by atoms with Crippen molar-refractivity contribution in [3.05, 3.63) is 70.9 Å². The van der Waals surface area contributed by atoms with Crippen molar-refractivity contribution in [2.45, 2.75) is 59.1 Å². The summed E-state index contributed by atoms with van der Waals surface area (Å²) in [5.74, 6) is 5.69. The van der Waals surface area contributed by atoms with Crippen LogP contribution in [0.25, 0.3) is 5.69 Å². The second kappa shape index (κ2) is 7.99. The van der Waals surface area contributed by atoms with Gasteiger partial charge in [0.15, 0.2) is 11.5 Å². The van der Waals surface area contributed by atoms with Gasteiger partial charge >= 0.3 is 0 Å². The van der Waals surface area contributed by atoms with Gasteiger partial charge in [0.2, 0.25) is 0 Å². The Morgan fingerprint density at radius 2 is 2.03 bits per heavy atom. The van der Waals surface area contributed by atoms with Gasteiger partial charge in [-0.2, -0.15) is 5.10 Å². The van der Waals surface area contributed by atoms with E-state index in [2.05, 4.69) is 55.2 Å². The summed E-state index contributed by atoms with van der Waals surface area (Å²) in [7, 11) is 0. The number of amides is 1. The number of nitrogens with zero attached hydrogens (tertiary/aromatic N) is 2. The average Bonchev–Trinajstić information content (AvgIpc) is 3.33. The lowest BCUT2D eigenvalue weighted by Gasteiger charge is -2.35. The first kappa shape index (κ1) is 21.9. The van der Waals surface area contributed by atoms with Gasteiger partial charge < -0.3 is 14.8 Å². The average molecular weight is 432 g/mol. The lowest BCUT2D eigenvalue weighted by atomic mass is 9.74. The zero-order valence-corrected chi connectivity index (χ0v) is 19.2. The lowest BCUT2D eigenvalue weighted by Crippen LogP contribution is -2.36. The summed E-state index contributed by atoms with van der Waals surface area (Å²) >= 11 is 0. The molecule has 0 saturated heterocycles. The summed E-state index contributed by atoms with van der Waals surface area (Å²) in [4.78, 5) is 12.9. The minimum atomic E-state index is -1.13. The zero-order chi connectivity index (χ0) is 23.1. The van der Waals surface area contributed by atoms with Crippen LogP contribution >= 0.6 is 0 Å². The van der Waals surface area contributed by atoms with Crippen molar-refractivity contribution in [2.75, 3.05) is 0 Å². The number of hydrogen-bond donors (Lipinski definition) is 2. The monoisotopic (exact) mass is 431 g/mol. The molecule has 2 N–H and O–H groups in total. The molecule has 0 aliphatic heterocycles. The molecule has 6 nitrogen and oxygen atoms in total. The molecule has 4 rings (SSSR count). The van der Waals surface area contributed by atoms with Gasteiger partial charge in [-0.25, -0.2) is 4.68 Å². The number of furan rings is 1. The number of hydrogen-bond acceptors (Lipinski definition) is 4. The van der Waals surface area contributed by atoms with Crippen LogP contribution in [0.4, 0.5) is 0 Å². The molecule has 32 heavy (non-hydrogen) atoms. The van der Waals surface area contributed by atoms with E-state index in [0.717, 1.165) is 35.3 Å². The first-order valence-electron chi connectivity index (χ1n) is 10.8. The fourth-order valence-electron chi connectivity index (χ4n) is 4.15. The van der Waals surface area contributed by atoms with Crippen LogP contribution in [0.15, 0.2) is 47.0 Å². The Morgan fingerprint density at radius 3 is 2.75 bits per heavy atom. The van der Waals surface area contributed by atoms with Crippen molar-refractivity contribution in [2.24, 2.45) is 5.41 Å². The van der Waals surface area contributed by atoms with Gasteiger partial charge in [-0.3, -0.25) is 4.79 Å². The van der Waals surface area contributed by atoms with E-state index in [0.29, 0.717) is 5.76 Å². The number of benzene rings is 1. The summed E-state index contributed by atoms with van der Waals surface area (Å²) in [5.41, 5.74) is 3.23. The second-order valence-corrected chi connectivity index (χ2v) is 9.79. The Balaban J connectivity index is 1.61. The van der Waals surface area contributed by atoms with Gasteiger partial charge in [0.25, 0.3) is 5.91 Å². The Hall–Kier alpha value is -3.30. The number of nitrogens with one attached hydrogen (secondary N) is 1. The standard InChI is InChI=1S/C26H29N3O3/c1-17-8-6-7-9-21(17)29-22-15-25(2,3)14-20(19(22)16-27-29)28-24(30)23-11-10-18(32-23)12-13-26(4,5)31/h6-11,16,20,31H,14-15H2,1-5H3,(H,28,30). The van der Waals surface area contributed by atoms with Gasteiger partial charge in [-0.15, -0.1) is 0 Å². The van der Waals surface area contributed by atoms with Crippen molar-refractivity contribution < 1.29 is 14.3 Å². The second-order valence-electron chi connectivity index (χ2n) is 9.79. The van der Waals surface area contributed by atoms with Crippen molar-refractivity contribution in [1.29, 1.82) is 0 Å². The minimum Gasteiger partial charge on any atom is -0.443 e. The highest BCUT2D eigenvalue weighted by atomic mass is 16.3. The molecule has 1 aliphatic carbocycles. The van der Waals surface area contributed by atoms with Crippen LogP contribution in [0, 0.1) is 24.2 Å². The number of rotatable bonds is 3. The number of aromatic nitrogens is 2. The Kier molecular flexibility index (Phi) is 5.47. The highest BCUT2D eigenvalue weighted by Gasteiger charge is 2.36. The molecule has 0 radical (unpaired) electrons. The molecule has 0 fully saturated rings. The molecular formula is C26H29N3O3. The molecule has 0 spiro atoms. The number of para-hydroxylation sites is 1. The van der Waals surface area contributed by atoms with Gasteiger partial charge in [-0.1, -0.05) is 38.0 Å². The predicted molar refractivity (Wildman–Crippen MR) is 122 cm³/mol. The van der Waals surface area contributed by atoms with Crippen LogP contribution in [-0.4, -0.2) is 26.4 Å². The van der Waals surface area contributed by atoms with E-state index in [1.807, 2.05) is 23.0 Å².